The standard InChI is InChI=1S/C14H20N/c1-2-15-10-6-9-14(12-15)11-13-7-4-3-5-8-13/h2-5,7-8,14H,6,9-12H2,1H3/q+1. The molecule has 2 rings (SSSR count). The lowest BCUT2D eigenvalue weighted by Crippen LogP contribution is -2.29. The van der Waals surface area contributed by atoms with Crippen molar-refractivity contribution >= 4 is 6.21 Å². The molecule has 1 aliphatic rings. The predicted molar refractivity (Wildman–Crippen MR) is 64.6 cm³/mol. The second-order valence-electron chi connectivity index (χ2n) is 4.45. The lowest BCUT2D eigenvalue weighted by Gasteiger charge is -2.20. The van der Waals surface area contributed by atoms with Crippen molar-refractivity contribution in [2.75, 3.05) is 13.1 Å². The van der Waals surface area contributed by atoms with E-state index in [-0.39, 0.29) is 0 Å². The Labute approximate surface area is 92.5 Å². The van der Waals surface area contributed by atoms with Crippen LogP contribution in [0.25, 0.3) is 0 Å². The summed E-state index contributed by atoms with van der Waals surface area (Å²) >= 11 is 0. The summed E-state index contributed by atoms with van der Waals surface area (Å²) in [6, 6.07) is 10.9. The van der Waals surface area contributed by atoms with Gasteiger partial charge in [-0.3, -0.25) is 0 Å². The summed E-state index contributed by atoms with van der Waals surface area (Å²) < 4.78 is 2.46. The zero-order valence-electron chi connectivity index (χ0n) is 9.52. The second kappa shape index (κ2) is 5.11. The van der Waals surface area contributed by atoms with E-state index in [2.05, 4.69) is 48.0 Å². The van der Waals surface area contributed by atoms with Gasteiger partial charge in [0, 0.05) is 19.3 Å². The maximum absolute atomic E-state index is 2.46. The molecule has 0 amide bonds. The van der Waals surface area contributed by atoms with Crippen LogP contribution >= 0.6 is 0 Å². The largest absolute Gasteiger partial charge is 0.240 e. The van der Waals surface area contributed by atoms with Crippen molar-refractivity contribution in [3.63, 3.8) is 0 Å². The van der Waals surface area contributed by atoms with Gasteiger partial charge in [-0.2, -0.15) is 0 Å². The van der Waals surface area contributed by atoms with Crippen molar-refractivity contribution in [3.8, 4) is 0 Å². The molecule has 0 aliphatic carbocycles. The Balaban J connectivity index is 1.95. The van der Waals surface area contributed by atoms with E-state index in [1.807, 2.05) is 0 Å². The SMILES string of the molecule is CC=[N+]1CCCC(Cc2ccccc2)C1. The van der Waals surface area contributed by atoms with Crippen molar-refractivity contribution in [2.24, 2.45) is 5.92 Å². The molecule has 15 heavy (non-hydrogen) atoms. The molecule has 0 aromatic heterocycles. The van der Waals surface area contributed by atoms with E-state index >= 15 is 0 Å². The summed E-state index contributed by atoms with van der Waals surface area (Å²) in [5.74, 6) is 0.845. The summed E-state index contributed by atoms with van der Waals surface area (Å²) in [6.07, 6.45) is 6.21. The van der Waals surface area contributed by atoms with Crippen LogP contribution in [0.4, 0.5) is 0 Å². The molecule has 1 fully saturated rings. The first-order valence-electron chi connectivity index (χ1n) is 5.96. The molecule has 0 spiro atoms. The van der Waals surface area contributed by atoms with Crippen molar-refractivity contribution in [2.45, 2.75) is 26.2 Å². The number of nitrogens with zero attached hydrogens (tertiary/aromatic N) is 1. The first kappa shape index (κ1) is 10.4. The Hall–Kier alpha value is -1.11. The first-order valence-corrected chi connectivity index (χ1v) is 5.96. The molecule has 0 radical (unpaired) electrons. The lowest BCUT2D eigenvalue weighted by molar-refractivity contribution is -0.541. The maximum Gasteiger partial charge on any atom is 0.145 e. The Bertz CT molecular complexity index is 326. The molecule has 0 bridgehead atoms. The van der Waals surface area contributed by atoms with Crippen LogP contribution in [0.2, 0.25) is 0 Å². The molecule has 1 nitrogen and oxygen atoms in total. The summed E-state index contributed by atoms with van der Waals surface area (Å²) in [6.45, 7) is 4.64. The third kappa shape index (κ3) is 2.92. The van der Waals surface area contributed by atoms with Gasteiger partial charge in [0.1, 0.15) is 19.3 Å². The zero-order chi connectivity index (χ0) is 10.5. The van der Waals surface area contributed by atoms with Crippen LogP contribution < -0.4 is 0 Å². The zero-order valence-corrected chi connectivity index (χ0v) is 9.52. The molecule has 1 aromatic carbocycles. The molecule has 1 saturated heterocycles. The molecule has 0 N–H and O–H groups in total. The lowest BCUT2D eigenvalue weighted by atomic mass is 9.92. The average molecular weight is 202 g/mol. The highest BCUT2D eigenvalue weighted by Gasteiger charge is 2.21. The minimum absolute atomic E-state index is 0.845. The molecular weight excluding hydrogens is 182 g/mol. The summed E-state index contributed by atoms with van der Waals surface area (Å²) in [5.41, 5.74) is 1.49. The van der Waals surface area contributed by atoms with Gasteiger partial charge in [-0.15, -0.1) is 0 Å². The van der Waals surface area contributed by atoms with E-state index in [0.29, 0.717) is 0 Å². The van der Waals surface area contributed by atoms with Crippen LogP contribution in [0.1, 0.15) is 25.3 Å². The topological polar surface area (TPSA) is 3.01 Å². The molecule has 0 saturated carbocycles. The number of hydrogen-bond acceptors (Lipinski definition) is 0. The van der Waals surface area contributed by atoms with Gasteiger partial charge in [0.25, 0.3) is 0 Å². The van der Waals surface area contributed by atoms with E-state index < -0.39 is 0 Å². The maximum atomic E-state index is 2.46. The van der Waals surface area contributed by atoms with E-state index in [1.54, 1.807) is 0 Å². The molecule has 1 heteroatoms. The molecule has 80 valence electrons. The van der Waals surface area contributed by atoms with Crippen LogP contribution in [-0.4, -0.2) is 23.9 Å². The summed E-state index contributed by atoms with van der Waals surface area (Å²) in [5, 5.41) is 0. The smallest absolute Gasteiger partial charge is 0.145 e. The van der Waals surface area contributed by atoms with Crippen LogP contribution in [0.15, 0.2) is 30.3 Å². The molecule has 1 aromatic rings. The highest BCUT2D eigenvalue weighted by Crippen LogP contribution is 2.18. The first-order chi connectivity index (χ1) is 7.38. The van der Waals surface area contributed by atoms with E-state index in [1.165, 1.54) is 37.9 Å². The van der Waals surface area contributed by atoms with Gasteiger partial charge in [0.2, 0.25) is 0 Å². The minimum Gasteiger partial charge on any atom is -0.240 e. The van der Waals surface area contributed by atoms with Crippen LogP contribution in [-0.2, 0) is 6.42 Å². The quantitative estimate of drug-likeness (QED) is 0.649. The Morgan fingerprint density at radius 1 is 1.33 bits per heavy atom. The average Bonchev–Trinajstić information content (AvgIpc) is 2.31. The van der Waals surface area contributed by atoms with Gasteiger partial charge in [0.05, 0.1) is 0 Å². The van der Waals surface area contributed by atoms with Gasteiger partial charge < -0.3 is 0 Å². The van der Waals surface area contributed by atoms with E-state index in [0.717, 1.165) is 5.92 Å². The van der Waals surface area contributed by atoms with E-state index in [9.17, 15) is 0 Å². The monoisotopic (exact) mass is 202 g/mol. The normalized spacial score (nSPS) is 24.3. The van der Waals surface area contributed by atoms with Crippen molar-refractivity contribution < 1.29 is 4.58 Å². The number of hydrogen-bond donors (Lipinski definition) is 0. The highest BCUT2D eigenvalue weighted by atomic mass is 15.0. The number of piperidine rings is 1. The van der Waals surface area contributed by atoms with Gasteiger partial charge in [-0.1, -0.05) is 30.3 Å². The second-order valence-corrected chi connectivity index (χ2v) is 4.45. The van der Waals surface area contributed by atoms with Crippen LogP contribution in [0.5, 0.6) is 0 Å². The third-order valence-corrected chi connectivity index (χ3v) is 3.28. The highest BCUT2D eigenvalue weighted by molar-refractivity contribution is 5.46. The number of rotatable bonds is 2. The summed E-state index contributed by atoms with van der Waals surface area (Å²) in [7, 11) is 0. The molecular formula is C14H20N+. The van der Waals surface area contributed by atoms with Crippen molar-refractivity contribution in [1.29, 1.82) is 0 Å². The van der Waals surface area contributed by atoms with Gasteiger partial charge in [-0.05, 0) is 18.4 Å². The molecule has 1 heterocycles. The van der Waals surface area contributed by atoms with Crippen molar-refractivity contribution in [1.82, 2.24) is 0 Å². The fourth-order valence-corrected chi connectivity index (χ4v) is 2.45. The fourth-order valence-electron chi connectivity index (χ4n) is 2.45. The van der Waals surface area contributed by atoms with Crippen LogP contribution in [0.3, 0.4) is 0 Å². The van der Waals surface area contributed by atoms with Gasteiger partial charge in [0.15, 0.2) is 0 Å². The Morgan fingerprint density at radius 3 is 2.87 bits per heavy atom. The predicted octanol–water partition coefficient (Wildman–Crippen LogP) is 2.74. The van der Waals surface area contributed by atoms with Crippen molar-refractivity contribution in [3.05, 3.63) is 35.9 Å². The fraction of sp³-hybridized carbons (Fsp3) is 0.500. The van der Waals surface area contributed by atoms with Gasteiger partial charge in [-0.25, -0.2) is 4.58 Å². The Kier molecular flexibility index (Phi) is 3.54. The van der Waals surface area contributed by atoms with E-state index in [4.69, 9.17) is 0 Å². The molecule has 1 atom stereocenters. The third-order valence-electron chi connectivity index (χ3n) is 3.28. The molecule has 1 aliphatic heterocycles. The van der Waals surface area contributed by atoms with Crippen LogP contribution in [0, 0.1) is 5.92 Å². The summed E-state index contributed by atoms with van der Waals surface area (Å²) in [4.78, 5) is 0. The minimum atomic E-state index is 0.845. The van der Waals surface area contributed by atoms with Gasteiger partial charge >= 0.3 is 0 Å². The molecule has 1 unspecified atom stereocenters. The Morgan fingerprint density at radius 2 is 2.13 bits per heavy atom. The number of benzene rings is 1.